The number of carbonyl (C=O) groups is 1. The number of hydrogen-bond acceptors (Lipinski definition) is 4. The number of hydrogen-bond donors (Lipinski definition) is 0. The molecule has 1 fully saturated rings. The number of nitrogens with zero attached hydrogens (tertiary/aromatic N) is 2. The summed E-state index contributed by atoms with van der Waals surface area (Å²) in [5, 5.41) is 10.6. The van der Waals surface area contributed by atoms with Crippen molar-refractivity contribution < 1.29 is 9.72 Å². The third-order valence-electron chi connectivity index (χ3n) is 3.36. The molecule has 0 radical (unpaired) electrons. The number of anilines is 1. The zero-order valence-electron chi connectivity index (χ0n) is 11.3. The van der Waals surface area contributed by atoms with E-state index in [1.54, 1.807) is 17.0 Å². The molecule has 1 atom stereocenters. The molecule has 1 heterocycles. The second-order valence-corrected chi connectivity index (χ2v) is 6.74. The van der Waals surface area contributed by atoms with Crippen molar-refractivity contribution in [3.8, 4) is 0 Å². The largest absolute Gasteiger partial charge is 0.295 e. The van der Waals surface area contributed by atoms with Gasteiger partial charge >= 0.3 is 0 Å². The molecule has 112 valence electrons. The van der Waals surface area contributed by atoms with Crippen molar-refractivity contribution in [3.63, 3.8) is 0 Å². The normalized spacial score (nSPS) is 17.8. The zero-order chi connectivity index (χ0) is 15.7. The molecule has 0 N–H and O–H groups in total. The Morgan fingerprint density at radius 1 is 1.14 bits per heavy atom. The monoisotopic (exact) mass is 378 g/mol. The molecule has 7 heteroatoms. The fourth-order valence-electron chi connectivity index (χ4n) is 2.31. The lowest BCUT2D eigenvalue weighted by molar-refractivity contribution is -0.384. The van der Waals surface area contributed by atoms with Gasteiger partial charge in [0.2, 0.25) is 5.91 Å². The van der Waals surface area contributed by atoms with Crippen molar-refractivity contribution >= 4 is 45.0 Å². The van der Waals surface area contributed by atoms with Crippen LogP contribution in [0.2, 0.25) is 0 Å². The quantitative estimate of drug-likeness (QED) is 0.594. The molecule has 1 aliphatic rings. The second kappa shape index (κ2) is 6.10. The summed E-state index contributed by atoms with van der Waals surface area (Å²) >= 11 is 4.90. The molecule has 3 rings (SSSR count). The summed E-state index contributed by atoms with van der Waals surface area (Å²) in [7, 11) is 0. The first kappa shape index (κ1) is 15.1. The maximum atomic E-state index is 12.2. The minimum absolute atomic E-state index is 0.0377. The molecule has 1 unspecified atom stereocenters. The smallest absolute Gasteiger partial charge is 0.269 e. The predicted octanol–water partition coefficient (Wildman–Crippen LogP) is 4.14. The van der Waals surface area contributed by atoms with Gasteiger partial charge in [0.25, 0.3) is 5.69 Å². The molecule has 0 aliphatic carbocycles. The summed E-state index contributed by atoms with van der Waals surface area (Å²) < 4.78 is 0.947. The molecule has 22 heavy (non-hydrogen) atoms. The first-order chi connectivity index (χ1) is 10.6. The number of carbonyl (C=O) groups excluding carboxylic acids is 1. The standard InChI is InChI=1S/C15H11BrN2O3S/c16-11-3-7-12(8-4-11)17-14(19)9-22-15(17)10-1-5-13(6-2-10)18(20)21/h1-8,15H,9H2. The van der Waals surface area contributed by atoms with Gasteiger partial charge < -0.3 is 0 Å². The molecule has 2 aromatic carbocycles. The molecule has 5 nitrogen and oxygen atoms in total. The van der Waals surface area contributed by atoms with Crippen molar-refractivity contribution in [2.45, 2.75) is 5.37 Å². The average Bonchev–Trinajstić information content (AvgIpc) is 2.90. The Morgan fingerprint density at radius 2 is 1.77 bits per heavy atom. The second-order valence-electron chi connectivity index (χ2n) is 4.75. The van der Waals surface area contributed by atoms with Crippen LogP contribution in [0.25, 0.3) is 0 Å². The molecular weight excluding hydrogens is 368 g/mol. The predicted molar refractivity (Wildman–Crippen MR) is 89.9 cm³/mol. The number of halogens is 1. The van der Waals surface area contributed by atoms with Crippen molar-refractivity contribution in [2.24, 2.45) is 0 Å². The highest BCUT2D eigenvalue weighted by molar-refractivity contribution is 9.10. The van der Waals surface area contributed by atoms with Crippen molar-refractivity contribution in [2.75, 3.05) is 10.7 Å². The number of non-ortho nitro benzene ring substituents is 1. The van der Waals surface area contributed by atoms with Crippen LogP contribution in [0.4, 0.5) is 11.4 Å². The maximum absolute atomic E-state index is 12.2. The third kappa shape index (κ3) is 2.86. The van der Waals surface area contributed by atoms with Gasteiger partial charge in [0.1, 0.15) is 5.37 Å². The molecular formula is C15H11BrN2O3S. The summed E-state index contributed by atoms with van der Waals surface area (Å²) in [4.78, 5) is 24.2. The average molecular weight is 379 g/mol. The van der Waals surface area contributed by atoms with Crippen LogP contribution in [-0.2, 0) is 4.79 Å². The number of nitro groups is 1. The van der Waals surface area contributed by atoms with Gasteiger partial charge in [0.15, 0.2) is 0 Å². The van der Waals surface area contributed by atoms with Crippen molar-refractivity contribution in [1.29, 1.82) is 0 Å². The van der Waals surface area contributed by atoms with Crippen LogP contribution in [-0.4, -0.2) is 16.6 Å². The molecule has 1 aliphatic heterocycles. The molecule has 1 saturated heterocycles. The highest BCUT2D eigenvalue weighted by Crippen LogP contribution is 2.42. The van der Waals surface area contributed by atoms with E-state index in [0.29, 0.717) is 5.75 Å². The molecule has 0 saturated carbocycles. The van der Waals surface area contributed by atoms with Gasteiger partial charge in [-0.1, -0.05) is 15.9 Å². The third-order valence-corrected chi connectivity index (χ3v) is 5.10. The summed E-state index contributed by atoms with van der Waals surface area (Å²) in [5.41, 5.74) is 1.75. The van der Waals surface area contributed by atoms with E-state index in [-0.39, 0.29) is 17.0 Å². The van der Waals surface area contributed by atoms with Crippen LogP contribution in [0.5, 0.6) is 0 Å². The van der Waals surface area contributed by atoms with Crippen molar-refractivity contribution in [3.05, 3.63) is 68.7 Å². The van der Waals surface area contributed by atoms with Crippen LogP contribution in [0.15, 0.2) is 53.0 Å². The first-order valence-electron chi connectivity index (χ1n) is 6.50. The van der Waals surface area contributed by atoms with E-state index in [4.69, 9.17) is 0 Å². The Kier molecular flexibility index (Phi) is 4.17. The van der Waals surface area contributed by atoms with Crippen LogP contribution in [0.1, 0.15) is 10.9 Å². The summed E-state index contributed by atoms with van der Waals surface area (Å²) in [6.07, 6.45) is 0. The number of nitro benzene ring substituents is 1. The lowest BCUT2D eigenvalue weighted by atomic mass is 10.1. The summed E-state index contributed by atoms with van der Waals surface area (Å²) in [6, 6.07) is 13.9. The molecule has 0 bridgehead atoms. The Morgan fingerprint density at radius 3 is 2.36 bits per heavy atom. The first-order valence-corrected chi connectivity index (χ1v) is 8.34. The van der Waals surface area contributed by atoms with Gasteiger partial charge in [-0.2, -0.15) is 0 Å². The summed E-state index contributed by atoms with van der Waals surface area (Å²) in [6.45, 7) is 0. The molecule has 2 aromatic rings. The van der Waals surface area contributed by atoms with Crippen LogP contribution < -0.4 is 4.90 Å². The topological polar surface area (TPSA) is 63.4 Å². The highest BCUT2D eigenvalue weighted by Gasteiger charge is 2.34. The number of rotatable bonds is 3. The van der Waals surface area contributed by atoms with E-state index in [1.165, 1.54) is 23.9 Å². The van der Waals surface area contributed by atoms with E-state index >= 15 is 0 Å². The van der Waals surface area contributed by atoms with Gasteiger partial charge in [-0.25, -0.2) is 0 Å². The Balaban J connectivity index is 1.93. The molecule has 1 amide bonds. The van der Waals surface area contributed by atoms with Gasteiger partial charge in [-0.3, -0.25) is 19.8 Å². The molecule has 0 spiro atoms. The van der Waals surface area contributed by atoms with E-state index in [1.807, 2.05) is 24.3 Å². The Bertz CT molecular complexity index is 719. The van der Waals surface area contributed by atoms with E-state index in [0.717, 1.165) is 15.7 Å². The summed E-state index contributed by atoms with van der Waals surface area (Å²) in [5.74, 6) is 0.438. The van der Waals surface area contributed by atoms with Gasteiger partial charge in [-0.05, 0) is 42.0 Å². The van der Waals surface area contributed by atoms with Crippen LogP contribution in [0.3, 0.4) is 0 Å². The van der Waals surface area contributed by atoms with E-state index < -0.39 is 4.92 Å². The Hall–Kier alpha value is -1.86. The minimum atomic E-state index is -0.427. The lowest BCUT2D eigenvalue weighted by Crippen LogP contribution is -2.27. The Labute approximate surface area is 139 Å². The van der Waals surface area contributed by atoms with E-state index in [2.05, 4.69) is 15.9 Å². The van der Waals surface area contributed by atoms with Gasteiger partial charge in [0, 0.05) is 22.3 Å². The number of benzene rings is 2. The fourth-order valence-corrected chi connectivity index (χ4v) is 3.75. The SMILES string of the molecule is O=C1CSC(c2ccc([N+](=O)[O-])cc2)N1c1ccc(Br)cc1. The van der Waals surface area contributed by atoms with Gasteiger partial charge in [-0.15, -0.1) is 11.8 Å². The van der Waals surface area contributed by atoms with Crippen molar-refractivity contribution in [1.82, 2.24) is 0 Å². The minimum Gasteiger partial charge on any atom is -0.295 e. The van der Waals surface area contributed by atoms with Crippen LogP contribution >= 0.6 is 27.7 Å². The van der Waals surface area contributed by atoms with E-state index in [9.17, 15) is 14.9 Å². The maximum Gasteiger partial charge on any atom is 0.269 e. The lowest BCUT2D eigenvalue weighted by Gasteiger charge is -2.24. The fraction of sp³-hybridized carbons (Fsp3) is 0.133. The number of thioether (sulfide) groups is 1. The zero-order valence-corrected chi connectivity index (χ0v) is 13.7. The number of amides is 1. The van der Waals surface area contributed by atoms with Crippen LogP contribution in [0, 0.1) is 10.1 Å². The van der Waals surface area contributed by atoms with Gasteiger partial charge in [0.05, 0.1) is 10.7 Å². The highest BCUT2D eigenvalue weighted by atomic mass is 79.9. The molecule has 0 aromatic heterocycles.